The second-order valence-corrected chi connectivity index (χ2v) is 5.84. The molecule has 2 rings (SSSR count). The van der Waals surface area contributed by atoms with Gasteiger partial charge < -0.3 is 10.6 Å². The maximum Gasteiger partial charge on any atom is 0.000528 e. The average molecular weight is 210 g/mol. The largest absolute Gasteiger partial charge is 0.317 e. The summed E-state index contributed by atoms with van der Waals surface area (Å²) in [5, 5.41) is 7.14. The topological polar surface area (TPSA) is 24.1 Å². The number of hydrogen-bond donors (Lipinski definition) is 2. The Morgan fingerprint density at radius 3 is 2.53 bits per heavy atom. The molecule has 1 aliphatic carbocycles. The summed E-state index contributed by atoms with van der Waals surface area (Å²) >= 11 is 0. The molecule has 0 aromatic carbocycles. The van der Waals surface area contributed by atoms with Crippen molar-refractivity contribution in [1.82, 2.24) is 10.6 Å². The molecule has 88 valence electrons. The summed E-state index contributed by atoms with van der Waals surface area (Å²) < 4.78 is 0. The van der Waals surface area contributed by atoms with Gasteiger partial charge in [-0.3, -0.25) is 0 Å². The molecule has 15 heavy (non-hydrogen) atoms. The molecule has 0 atom stereocenters. The highest BCUT2D eigenvalue weighted by molar-refractivity contribution is 4.83. The molecule has 0 spiro atoms. The van der Waals surface area contributed by atoms with Crippen LogP contribution in [0.25, 0.3) is 0 Å². The van der Waals surface area contributed by atoms with Crippen molar-refractivity contribution < 1.29 is 0 Å². The molecular formula is C13H26N2. The number of hydrogen-bond acceptors (Lipinski definition) is 2. The Morgan fingerprint density at radius 1 is 1.20 bits per heavy atom. The normalized spacial score (nSPS) is 27.0. The molecule has 2 nitrogen and oxygen atoms in total. The molecule has 0 radical (unpaired) electrons. The van der Waals surface area contributed by atoms with Crippen LogP contribution in [0.4, 0.5) is 0 Å². The number of rotatable bonds is 4. The van der Waals surface area contributed by atoms with Gasteiger partial charge in [0.2, 0.25) is 0 Å². The minimum atomic E-state index is 0.618. The zero-order valence-corrected chi connectivity index (χ0v) is 10.1. The van der Waals surface area contributed by atoms with E-state index in [2.05, 4.69) is 17.6 Å². The van der Waals surface area contributed by atoms with Crippen LogP contribution >= 0.6 is 0 Å². The van der Waals surface area contributed by atoms with Crippen molar-refractivity contribution >= 4 is 0 Å². The lowest BCUT2D eigenvalue weighted by atomic mass is 9.88. The fourth-order valence-electron chi connectivity index (χ4n) is 3.07. The molecule has 0 aromatic heterocycles. The Bertz CT molecular complexity index is 179. The Labute approximate surface area is 94.2 Å². The summed E-state index contributed by atoms with van der Waals surface area (Å²) in [5.41, 5.74) is 0.618. The van der Waals surface area contributed by atoms with E-state index >= 15 is 0 Å². The standard InChI is InChI=1S/C13H26N2/c1-13(6-2-3-7-13)11-15-10-12-4-8-14-9-5-12/h12,14-15H,2-11H2,1H3. The second kappa shape index (κ2) is 5.31. The number of nitrogens with one attached hydrogen (secondary N) is 2. The van der Waals surface area contributed by atoms with E-state index in [1.54, 1.807) is 0 Å². The fraction of sp³-hybridized carbons (Fsp3) is 1.00. The van der Waals surface area contributed by atoms with Gasteiger partial charge in [-0.05, 0) is 56.7 Å². The first-order chi connectivity index (χ1) is 7.29. The summed E-state index contributed by atoms with van der Waals surface area (Å²) in [6, 6.07) is 0. The predicted molar refractivity (Wildman–Crippen MR) is 65.0 cm³/mol. The highest BCUT2D eigenvalue weighted by Crippen LogP contribution is 2.36. The third-order valence-corrected chi connectivity index (χ3v) is 4.25. The van der Waals surface area contributed by atoms with E-state index in [4.69, 9.17) is 0 Å². The minimum Gasteiger partial charge on any atom is -0.317 e. The molecule has 0 bridgehead atoms. The average Bonchev–Trinajstić information content (AvgIpc) is 2.67. The molecule has 0 amide bonds. The SMILES string of the molecule is CC1(CNCC2CCNCC2)CCCC1. The van der Waals surface area contributed by atoms with E-state index in [0.29, 0.717) is 5.41 Å². The van der Waals surface area contributed by atoms with Crippen molar-refractivity contribution in [3.05, 3.63) is 0 Å². The van der Waals surface area contributed by atoms with Crippen molar-refractivity contribution in [2.75, 3.05) is 26.2 Å². The van der Waals surface area contributed by atoms with Crippen molar-refractivity contribution in [3.63, 3.8) is 0 Å². The van der Waals surface area contributed by atoms with Gasteiger partial charge in [0.25, 0.3) is 0 Å². The maximum absolute atomic E-state index is 3.71. The summed E-state index contributed by atoms with van der Waals surface area (Å²) in [6.45, 7) is 7.40. The van der Waals surface area contributed by atoms with Crippen LogP contribution < -0.4 is 10.6 Å². The summed E-state index contributed by atoms with van der Waals surface area (Å²) in [5.74, 6) is 0.927. The fourth-order valence-corrected chi connectivity index (χ4v) is 3.07. The molecule has 2 N–H and O–H groups in total. The zero-order chi connectivity index (χ0) is 10.6. The zero-order valence-electron chi connectivity index (χ0n) is 10.1. The molecule has 2 heteroatoms. The van der Waals surface area contributed by atoms with E-state index in [0.717, 1.165) is 5.92 Å². The second-order valence-electron chi connectivity index (χ2n) is 5.84. The Morgan fingerprint density at radius 2 is 1.87 bits per heavy atom. The molecule has 0 aromatic rings. The van der Waals surface area contributed by atoms with E-state index in [9.17, 15) is 0 Å². The van der Waals surface area contributed by atoms with E-state index in [-0.39, 0.29) is 0 Å². The van der Waals surface area contributed by atoms with Gasteiger partial charge in [-0.1, -0.05) is 19.8 Å². The number of piperidine rings is 1. The lowest BCUT2D eigenvalue weighted by Gasteiger charge is -2.27. The highest BCUT2D eigenvalue weighted by atomic mass is 14.9. The first-order valence-corrected chi connectivity index (χ1v) is 6.70. The maximum atomic E-state index is 3.71. The van der Waals surface area contributed by atoms with Crippen LogP contribution in [0.2, 0.25) is 0 Å². The van der Waals surface area contributed by atoms with Crippen LogP contribution in [0.15, 0.2) is 0 Å². The summed E-state index contributed by atoms with van der Waals surface area (Å²) in [6.07, 6.45) is 8.50. The summed E-state index contributed by atoms with van der Waals surface area (Å²) in [7, 11) is 0. The van der Waals surface area contributed by atoms with Crippen molar-refractivity contribution in [2.45, 2.75) is 45.4 Å². The highest BCUT2D eigenvalue weighted by Gasteiger charge is 2.28. The molecule has 1 saturated heterocycles. The van der Waals surface area contributed by atoms with Gasteiger partial charge in [0.05, 0.1) is 0 Å². The van der Waals surface area contributed by atoms with Gasteiger partial charge >= 0.3 is 0 Å². The molecule has 1 heterocycles. The molecule has 2 aliphatic rings. The predicted octanol–water partition coefficient (Wildman–Crippen LogP) is 2.16. The van der Waals surface area contributed by atoms with Gasteiger partial charge in [0.15, 0.2) is 0 Å². The smallest absolute Gasteiger partial charge is 0.000528 e. The van der Waals surface area contributed by atoms with Crippen LogP contribution in [0, 0.1) is 11.3 Å². The van der Waals surface area contributed by atoms with Gasteiger partial charge in [-0.25, -0.2) is 0 Å². The van der Waals surface area contributed by atoms with Gasteiger partial charge in [-0.15, -0.1) is 0 Å². The van der Waals surface area contributed by atoms with Crippen molar-refractivity contribution in [3.8, 4) is 0 Å². The van der Waals surface area contributed by atoms with Crippen LogP contribution in [-0.4, -0.2) is 26.2 Å². The van der Waals surface area contributed by atoms with Crippen LogP contribution in [0.1, 0.15) is 45.4 Å². The molecule has 0 unspecified atom stereocenters. The van der Waals surface area contributed by atoms with Crippen LogP contribution in [0.3, 0.4) is 0 Å². The van der Waals surface area contributed by atoms with Crippen LogP contribution in [0.5, 0.6) is 0 Å². The van der Waals surface area contributed by atoms with Gasteiger partial charge in [0, 0.05) is 6.54 Å². The van der Waals surface area contributed by atoms with E-state index in [1.165, 1.54) is 64.7 Å². The Hall–Kier alpha value is -0.0800. The van der Waals surface area contributed by atoms with Gasteiger partial charge in [0.1, 0.15) is 0 Å². The lowest BCUT2D eigenvalue weighted by Crippen LogP contribution is -2.37. The van der Waals surface area contributed by atoms with E-state index < -0.39 is 0 Å². The van der Waals surface area contributed by atoms with E-state index in [1.807, 2.05) is 0 Å². The third kappa shape index (κ3) is 3.46. The van der Waals surface area contributed by atoms with Crippen molar-refractivity contribution in [2.24, 2.45) is 11.3 Å². The van der Waals surface area contributed by atoms with Crippen molar-refractivity contribution in [1.29, 1.82) is 0 Å². The van der Waals surface area contributed by atoms with Gasteiger partial charge in [-0.2, -0.15) is 0 Å². The third-order valence-electron chi connectivity index (χ3n) is 4.25. The molecule has 1 aliphatic heterocycles. The monoisotopic (exact) mass is 210 g/mol. The quantitative estimate of drug-likeness (QED) is 0.743. The molecule has 2 fully saturated rings. The molecule has 1 saturated carbocycles. The van der Waals surface area contributed by atoms with Crippen LogP contribution in [-0.2, 0) is 0 Å². The molecular weight excluding hydrogens is 184 g/mol. The first-order valence-electron chi connectivity index (χ1n) is 6.70. The first kappa shape index (κ1) is 11.4. The minimum absolute atomic E-state index is 0.618. The summed E-state index contributed by atoms with van der Waals surface area (Å²) in [4.78, 5) is 0. The Kier molecular flexibility index (Phi) is 4.04. The lowest BCUT2D eigenvalue weighted by molar-refractivity contribution is 0.287. The Balaban J connectivity index is 1.61.